The van der Waals surface area contributed by atoms with Crippen LogP contribution in [0.1, 0.15) is 17.5 Å². The summed E-state index contributed by atoms with van der Waals surface area (Å²) in [6, 6.07) is 10.0. The van der Waals surface area contributed by atoms with Crippen LogP contribution in [-0.2, 0) is 9.59 Å². The summed E-state index contributed by atoms with van der Waals surface area (Å²) in [5, 5.41) is 9.74. The number of hydrogen-bond acceptors (Lipinski definition) is 6. The molecule has 0 atom stereocenters. The maximum Gasteiger partial charge on any atom is 0.163 e. The number of allylic oxidation sites excluding steroid dienone is 2. The first-order valence-corrected chi connectivity index (χ1v) is 8.48. The van der Waals surface area contributed by atoms with E-state index in [0.717, 1.165) is 0 Å². The lowest BCUT2D eigenvalue weighted by atomic mass is 10.1. The fourth-order valence-electron chi connectivity index (χ4n) is 2.51. The van der Waals surface area contributed by atoms with E-state index in [9.17, 15) is 14.7 Å². The first kappa shape index (κ1) is 20.8. The van der Waals surface area contributed by atoms with Gasteiger partial charge in [0, 0.05) is 0 Å². The number of rotatable bonds is 9. The molecule has 146 valence electrons. The Hall–Kier alpha value is -3.54. The Morgan fingerprint density at radius 1 is 0.857 bits per heavy atom. The molecule has 0 heterocycles. The zero-order chi connectivity index (χ0) is 20.5. The van der Waals surface area contributed by atoms with Gasteiger partial charge in [0.1, 0.15) is 11.5 Å². The number of methoxy groups -OCH3 is 3. The molecule has 6 heteroatoms. The van der Waals surface area contributed by atoms with Crippen LogP contribution in [-0.4, -0.2) is 38.0 Å². The maximum atomic E-state index is 12.1. The van der Waals surface area contributed by atoms with Gasteiger partial charge in [-0.25, -0.2) is 0 Å². The first-order valence-electron chi connectivity index (χ1n) is 8.48. The summed E-state index contributed by atoms with van der Waals surface area (Å²) >= 11 is 0. The second kappa shape index (κ2) is 9.97. The van der Waals surface area contributed by atoms with Crippen molar-refractivity contribution in [3.63, 3.8) is 0 Å². The molecule has 0 radical (unpaired) electrons. The number of aromatic hydroxyl groups is 1. The van der Waals surface area contributed by atoms with Crippen LogP contribution in [0.15, 0.2) is 48.6 Å². The van der Waals surface area contributed by atoms with E-state index in [1.54, 1.807) is 36.4 Å². The fourth-order valence-corrected chi connectivity index (χ4v) is 2.51. The van der Waals surface area contributed by atoms with E-state index in [1.165, 1.54) is 45.6 Å². The molecule has 0 aliphatic carbocycles. The highest BCUT2D eigenvalue weighted by Gasteiger charge is 2.09. The van der Waals surface area contributed by atoms with Crippen molar-refractivity contribution >= 4 is 23.7 Å². The Kier molecular flexibility index (Phi) is 7.39. The molecule has 28 heavy (non-hydrogen) atoms. The lowest BCUT2D eigenvalue weighted by Crippen LogP contribution is -2.02. The summed E-state index contributed by atoms with van der Waals surface area (Å²) in [6.07, 6.45) is 5.45. The lowest BCUT2D eigenvalue weighted by molar-refractivity contribution is -0.121. The third kappa shape index (κ3) is 5.48. The molecular formula is C22H22O6. The topological polar surface area (TPSA) is 82.1 Å². The third-order valence-corrected chi connectivity index (χ3v) is 3.91. The van der Waals surface area contributed by atoms with Gasteiger partial charge in [-0.05, 0) is 48.1 Å². The molecule has 0 amide bonds. The number of phenols is 1. The molecule has 2 aromatic carbocycles. The van der Waals surface area contributed by atoms with Crippen molar-refractivity contribution in [1.82, 2.24) is 0 Å². The lowest BCUT2D eigenvalue weighted by Gasteiger charge is -2.09. The Morgan fingerprint density at radius 2 is 1.43 bits per heavy atom. The number of phenolic OH excluding ortho intramolecular Hbond substituents is 1. The van der Waals surface area contributed by atoms with Gasteiger partial charge in [0.25, 0.3) is 0 Å². The van der Waals surface area contributed by atoms with Crippen molar-refractivity contribution in [2.45, 2.75) is 6.42 Å². The summed E-state index contributed by atoms with van der Waals surface area (Å²) in [4.78, 5) is 24.1. The summed E-state index contributed by atoms with van der Waals surface area (Å²) in [6.45, 7) is 0. The first-order chi connectivity index (χ1) is 13.5. The second-order valence-electron chi connectivity index (χ2n) is 5.78. The Morgan fingerprint density at radius 3 is 1.96 bits per heavy atom. The van der Waals surface area contributed by atoms with Crippen molar-refractivity contribution in [3.8, 4) is 23.0 Å². The van der Waals surface area contributed by atoms with Gasteiger partial charge in [-0.1, -0.05) is 18.2 Å². The van der Waals surface area contributed by atoms with Gasteiger partial charge in [0.05, 0.1) is 33.3 Å². The Balaban J connectivity index is 2.02. The van der Waals surface area contributed by atoms with Crippen molar-refractivity contribution < 1.29 is 28.9 Å². The number of carbonyl (C=O) groups excluding carboxylic acids is 2. The van der Waals surface area contributed by atoms with Gasteiger partial charge in [-0.15, -0.1) is 0 Å². The highest BCUT2D eigenvalue weighted by atomic mass is 16.5. The van der Waals surface area contributed by atoms with Gasteiger partial charge in [-0.3, -0.25) is 9.59 Å². The SMILES string of the molecule is COc1ccc(/C=C/C(=O)CC(=O)/C=C/c2c(OC)cccc2OC)cc1O. The zero-order valence-electron chi connectivity index (χ0n) is 16.0. The van der Waals surface area contributed by atoms with Crippen LogP contribution >= 0.6 is 0 Å². The summed E-state index contributed by atoms with van der Waals surface area (Å²) in [7, 11) is 4.51. The molecular weight excluding hydrogens is 360 g/mol. The molecule has 1 N–H and O–H groups in total. The van der Waals surface area contributed by atoms with Crippen LogP contribution in [0, 0.1) is 0 Å². The van der Waals surface area contributed by atoms with Crippen molar-refractivity contribution in [2.24, 2.45) is 0 Å². The number of ether oxygens (including phenoxy) is 3. The number of carbonyl (C=O) groups is 2. The molecule has 0 fully saturated rings. The van der Waals surface area contributed by atoms with Crippen LogP contribution in [0.25, 0.3) is 12.2 Å². The average molecular weight is 382 g/mol. The molecule has 0 aromatic heterocycles. The zero-order valence-corrected chi connectivity index (χ0v) is 16.0. The molecule has 0 unspecified atom stereocenters. The molecule has 0 saturated carbocycles. The standard InChI is InChI=1S/C22H22O6/c1-26-20-5-4-6-21(27-2)18(20)11-10-17(24)14-16(23)9-7-15-8-12-22(28-3)19(25)13-15/h4-13,25H,14H2,1-3H3/b9-7+,11-10+. The molecule has 6 nitrogen and oxygen atoms in total. The van der Waals surface area contributed by atoms with Crippen LogP contribution in [0.5, 0.6) is 23.0 Å². The monoisotopic (exact) mass is 382 g/mol. The molecule has 0 aliphatic rings. The number of hydrogen-bond donors (Lipinski definition) is 1. The summed E-state index contributed by atoms with van der Waals surface area (Å²) in [5.74, 6) is 0.748. The average Bonchev–Trinajstić information content (AvgIpc) is 2.70. The number of benzene rings is 2. The van der Waals surface area contributed by atoms with Crippen LogP contribution < -0.4 is 14.2 Å². The van der Waals surface area contributed by atoms with Crippen LogP contribution in [0.3, 0.4) is 0 Å². The van der Waals surface area contributed by atoms with Crippen LogP contribution in [0.4, 0.5) is 0 Å². The van der Waals surface area contributed by atoms with E-state index < -0.39 is 0 Å². The Bertz CT molecular complexity index is 889. The second-order valence-corrected chi connectivity index (χ2v) is 5.78. The predicted octanol–water partition coefficient (Wildman–Crippen LogP) is 3.67. The Labute approximate surface area is 163 Å². The highest BCUT2D eigenvalue weighted by Crippen LogP contribution is 2.29. The maximum absolute atomic E-state index is 12.1. The van der Waals surface area contributed by atoms with E-state index in [-0.39, 0.29) is 23.7 Å². The molecule has 0 saturated heterocycles. The molecule has 2 rings (SSSR count). The van der Waals surface area contributed by atoms with Gasteiger partial charge >= 0.3 is 0 Å². The molecule has 0 bridgehead atoms. The third-order valence-electron chi connectivity index (χ3n) is 3.91. The molecule has 0 spiro atoms. The van der Waals surface area contributed by atoms with Gasteiger partial charge < -0.3 is 19.3 Å². The molecule has 2 aromatic rings. The minimum Gasteiger partial charge on any atom is -0.504 e. The van der Waals surface area contributed by atoms with Gasteiger partial charge in [0.2, 0.25) is 0 Å². The normalized spacial score (nSPS) is 11.0. The van der Waals surface area contributed by atoms with E-state index in [1.807, 2.05) is 0 Å². The van der Waals surface area contributed by atoms with Crippen LogP contribution in [0.2, 0.25) is 0 Å². The highest BCUT2D eigenvalue weighted by molar-refractivity contribution is 6.11. The smallest absolute Gasteiger partial charge is 0.163 e. The fraction of sp³-hybridized carbons (Fsp3) is 0.182. The minimum atomic E-state index is -0.350. The molecule has 0 aliphatic heterocycles. The van der Waals surface area contributed by atoms with E-state index in [0.29, 0.717) is 28.4 Å². The van der Waals surface area contributed by atoms with Crippen molar-refractivity contribution in [3.05, 3.63) is 59.7 Å². The quantitative estimate of drug-likeness (QED) is 0.526. The van der Waals surface area contributed by atoms with E-state index >= 15 is 0 Å². The number of ketones is 2. The predicted molar refractivity (Wildman–Crippen MR) is 107 cm³/mol. The minimum absolute atomic E-state index is 0.0261. The largest absolute Gasteiger partial charge is 0.504 e. The summed E-state index contributed by atoms with van der Waals surface area (Å²) < 4.78 is 15.5. The van der Waals surface area contributed by atoms with Crippen molar-refractivity contribution in [1.29, 1.82) is 0 Å². The van der Waals surface area contributed by atoms with E-state index in [2.05, 4.69) is 0 Å². The van der Waals surface area contributed by atoms with E-state index in [4.69, 9.17) is 14.2 Å². The summed E-state index contributed by atoms with van der Waals surface area (Å²) in [5.41, 5.74) is 1.24. The van der Waals surface area contributed by atoms with Crippen molar-refractivity contribution in [2.75, 3.05) is 21.3 Å². The van der Waals surface area contributed by atoms with Gasteiger partial charge in [-0.2, -0.15) is 0 Å². The van der Waals surface area contributed by atoms with Gasteiger partial charge in [0.15, 0.2) is 23.1 Å².